The van der Waals surface area contributed by atoms with Crippen LogP contribution in [0.3, 0.4) is 0 Å². The SMILES string of the molecule is O=C(C(O)c1cccc2c1OCC2)N1CCOc2ccc(Cl)cc2C1. The molecule has 0 aliphatic carbocycles. The van der Waals surface area contributed by atoms with Crippen LogP contribution in [0.4, 0.5) is 0 Å². The number of nitrogens with zero attached hydrogens (tertiary/aromatic N) is 1. The molecule has 0 radical (unpaired) electrons. The lowest BCUT2D eigenvalue weighted by atomic mass is 10.0. The lowest BCUT2D eigenvalue weighted by molar-refractivity contribution is -0.141. The number of halogens is 1. The van der Waals surface area contributed by atoms with Crippen molar-refractivity contribution < 1.29 is 19.4 Å². The maximum atomic E-state index is 12.9. The highest BCUT2D eigenvalue weighted by molar-refractivity contribution is 6.30. The largest absolute Gasteiger partial charge is 0.493 e. The monoisotopic (exact) mass is 359 g/mol. The van der Waals surface area contributed by atoms with E-state index in [0.717, 1.165) is 23.3 Å². The van der Waals surface area contributed by atoms with E-state index in [1.54, 1.807) is 29.2 Å². The Bertz CT molecular complexity index is 823. The van der Waals surface area contributed by atoms with Crippen molar-refractivity contribution in [1.29, 1.82) is 0 Å². The average molecular weight is 360 g/mol. The molecule has 2 aromatic carbocycles. The summed E-state index contributed by atoms with van der Waals surface area (Å²) < 4.78 is 11.3. The van der Waals surface area contributed by atoms with E-state index >= 15 is 0 Å². The second kappa shape index (κ2) is 6.58. The van der Waals surface area contributed by atoms with Gasteiger partial charge in [0.1, 0.15) is 18.1 Å². The molecule has 0 saturated carbocycles. The average Bonchev–Trinajstić information content (AvgIpc) is 3.00. The number of aliphatic hydroxyl groups is 1. The van der Waals surface area contributed by atoms with Gasteiger partial charge in [0.2, 0.25) is 0 Å². The molecule has 25 heavy (non-hydrogen) atoms. The van der Waals surface area contributed by atoms with Crippen LogP contribution in [0.5, 0.6) is 11.5 Å². The molecule has 0 aromatic heterocycles. The second-order valence-corrected chi connectivity index (χ2v) is 6.63. The molecule has 5 nitrogen and oxygen atoms in total. The third-order valence-corrected chi connectivity index (χ3v) is 4.82. The molecular weight excluding hydrogens is 342 g/mol. The summed E-state index contributed by atoms with van der Waals surface area (Å²) in [4.78, 5) is 14.5. The van der Waals surface area contributed by atoms with Gasteiger partial charge >= 0.3 is 0 Å². The van der Waals surface area contributed by atoms with Gasteiger partial charge in [-0.2, -0.15) is 0 Å². The Morgan fingerprint density at radius 1 is 1.16 bits per heavy atom. The third-order valence-electron chi connectivity index (χ3n) is 4.59. The Morgan fingerprint density at radius 2 is 2.04 bits per heavy atom. The first kappa shape index (κ1) is 16.2. The van der Waals surface area contributed by atoms with E-state index in [0.29, 0.717) is 42.6 Å². The van der Waals surface area contributed by atoms with Crippen molar-refractivity contribution >= 4 is 17.5 Å². The molecule has 1 unspecified atom stereocenters. The molecule has 1 atom stereocenters. The predicted molar refractivity (Wildman–Crippen MR) is 93.0 cm³/mol. The summed E-state index contributed by atoms with van der Waals surface area (Å²) in [6.07, 6.45) is -0.457. The van der Waals surface area contributed by atoms with Gasteiger partial charge in [-0.15, -0.1) is 0 Å². The molecule has 0 saturated heterocycles. The van der Waals surface area contributed by atoms with Crippen molar-refractivity contribution in [3.05, 3.63) is 58.1 Å². The van der Waals surface area contributed by atoms with E-state index in [4.69, 9.17) is 21.1 Å². The summed E-state index contributed by atoms with van der Waals surface area (Å²) in [5.41, 5.74) is 2.39. The molecule has 2 aromatic rings. The quantitative estimate of drug-likeness (QED) is 0.895. The van der Waals surface area contributed by atoms with Crippen LogP contribution in [0.25, 0.3) is 0 Å². The van der Waals surface area contributed by atoms with E-state index in [1.807, 2.05) is 12.1 Å². The van der Waals surface area contributed by atoms with Crippen LogP contribution in [0, 0.1) is 0 Å². The van der Waals surface area contributed by atoms with Crippen molar-refractivity contribution in [2.75, 3.05) is 19.8 Å². The molecule has 4 rings (SSSR count). The number of rotatable bonds is 2. The van der Waals surface area contributed by atoms with Crippen LogP contribution in [-0.2, 0) is 17.8 Å². The zero-order valence-corrected chi connectivity index (χ0v) is 14.3. The molecule has 0 bridgehead atoms. The van der Waals surface area contributed by atoms with Gasteiger partial charge in [0, 0.05) is 29.1 Å². The Labute approximate surface area is 150 Å². The van der Waals surface area contributed by atoms with Crippen LogP contribution in [0.15, 0.2) is 36.4 Å². The number of hydrogen-bond donors (Lipinski definition) is 1. The minimum absolute atomic E-state index is 0.349. The molecule has 0 fully saturated rings. The Morgan fingerprint density at radius 3 is 2.92 bits per heavy atom. The van der Waals surface area contributed by atoms with Gasteiger partial charge in [-0.3, -0.25) is 4.79 Å². The molecule has 2 aliphatic heterocycles. The predicted octanol–water partition coefficient (Wildman–Crippen LogP) is 2.73. The summed E-state index contributed by atoms with van der Waals surface area (Å²) in [5, 5.41) is 11.3. The summed E-state index contributed by atoms with van der Waals surface area (Å²) in [5.74, 6) is 0.997. The van der Waals surface area contributed by atoms with Crippen LogP contribution in [-0.4, -0.2) is 35.7 Å². The Hall–Kier alpha value is -2.24. The Balaban J connectivity index is 1.59. The maximum absolute atomic E-state index is 12.9. The van der Waals surface area contributed by atoms with Crippen molar-refractivity contribution in [3.8, 4) is 11.5 Å². The second-order valence-electron chi connectivity index (χ2n) is 6.20. The van der Waals surface area contributed by atoms with Gasteiger partial charge in [-0.1, -0.05) is 29.8 Å². The van der Waals surface area contributed by atoms with Gasteiger partial charge in [0.15, 0.2) is 6.10 Å². The first-order valence-electron chi connectivity index (χ1n) is 8.26. The van der Waals surface area contributed by atoms with Crippen molar-refractivity contribution in [3.63, 3.8) is 0 Å². The molecule has 0 spiro atoms. The zero-order chi connectivity index (χ0) is 17.4. The summed E-state index contributed by atoms with van der Waals surface area (Å²) in [6.45, 7) is 1.70. The normalized spacial score (nSPS) is 17.0. The molecule has 130 valence electrons. The van der Waals surface area contributed by atoms with Gasteiger partial charge in [0.05, 0.1) is 13.2 Å². The fourth-order valence-electron chi connectivity index (χ4n) is 3.31. The minimum Gasteiger partial charge on any atom is -0.493 e. The first-order valence-corrected chi connectivity index (χ1v) is 8.64. The fraction of sp³-hybridized carbons (Fsp3) is 0.316. The fourth-order valence-corrected chi connectivity index (χ4v) is 3.51. The van der Waals surface area contributed by atoms with E-state index in [2.05, 4.69) is 0 Å². The van der Waals surface area contributed by atoms with E-state index in [9.17, 15) is 9.90 Å². The number of aliphatic hydroxyl groups excluding tert-OH is 1. The molecule has 1 amide bonds. The first-order chi connectivity index (χ1) is 12.1. The molecule has 1 N–H and O–H groups in total. The lowest BCUT2D eigenvalue weighted by Gasteiger charge is -2.24. The number of amides is 1. The van der Waals surface area contributed by atoms with Crippen LogP contribution in [0.1, 0.15) is 22.8 Å². The summed E-state index contributed by atoms with van der Waals surface area (Å²) in [7, 11) is 0. The highest BCUT2D eigenvalue weighted by Crippen LogP contribution is 2.35. The number of carbonyl (C=O) groups is 1. The van der Waals surface area contributed by atoms with Gasteiger partial charge < -0.3 is 19.5 Å². The van der Waals surface area contributed by atoms with E-state index in [1.165, 1.54) is 0 Å². The lowest BCUT2D eigenvalue weighted by Crippen LogP contribution is -2.36. The number of carbonyl (C=O) groups excluding carboxylic acids is 1. The number of hydrogen-bond acceptors (Lipinski definition) is 4. The van der Waals surface area contributed by atoms with Crippen molar-refractivity contribution in [2.45, 2.75) is 19.1 Å². The van der Waals surface area contributed by atoms with Gasteiger partial charge in [0.25, 0.3) is 5.91 Å². The number of fused-ring (bicyclic) bond motifs is 2. The zero-order valence-electron chi connectivity index (χ0n) is 13.6. The van der Waals surface area contributed by atoms with E-state index in [-0.39, 0.29) is 5.91 Å². The number of ether oxygens (including phenoxy) is 2. The molecular formula is C19H18ClNO4. The molecule has 2 aliphatic rings. The summed E-state index contributed by atoms with van der Waals surface area (Å²) >= 11 is 6.05. The van der Waals surface area contributed by atoms with Crippen molar-refractivity contribution in [2.24, 2.45) is 0 Å². The highest BCUT2D eigenvalue weighted by Gasteiger charge is 2.30. The van der Waals surface area contributed by atoms with Crippen molar-refractivity contribution in [1.82, 2.24) is 4.90 Å². The minimum atomic E-state index is -1.26. The Kier molecular flexibility index (Phi) is 4.27. The topological polar surface area (TPSA) is 59.0 Å². The highest BCUT2D eigenvalue weighted by atomic mass is 35.5. The number of benzene rings is 2. The molecule has 2 heterocycles. The maximum Gasteiger partial charge on any atom is 0.256 e. The van der Waals surface area contributed by atoms with Gasteiger partial charge in [-0.25, -0.2) is 0 Å². The van der Waals surface area contributed by atoms with Crippen LogP contribution >= 0.6 is 11.6 Å². The van der Waals surface area contributed by atoms with Gasteiger partial charge in [-0.05, 0) is 23.8 Å². The number of para-hydroxylation sites is 1. The standard InChI is InChI=1S/C19H18ClNO4/c20-14-4-5-16-13(10-14)11-21(7-9-24-16)19(23)17(22)15-3-1-2-12-6-8-25-18(12)15/h1-5,10,17,22H,6-9,11H2. The smallest absolute Gasteiger partial charge is 0.256 e. The third kappa shape index (κ3) is 3.05. The van der Waals surface area contributed by atoms with Crippen LogP contribution in [0.2, 0.25) is 5.02 Å². The summed E-state index contributed by atoms with van der Waals surface area (Å²) in [6, 6.07) is 10.9. The molecule has 6 heteroatoms. The van der Waals surface area contributed by atoms with E-state index < -0.39 is 6.10 Å². The van der Waals surface area contributed by atoms with Crippen LogP contribution < -0.4 is 9.47 Å².